The summed E-state index contributed by atoms with van der Waals surface area (Å²) in [4.78, 5) is 4.57. The van der Waals surface area contributed by atoms with Crippen molar-refractivity contribution in [3.63, 3.8) is 0 Å². The van der Waals surface area contributed by atoms with Gasteiger partial charge in [-0.05, 0) is 50.3 Å². The number of nitrogens with zero attached hydrogens (tertiary/aromatic N) is 1. The molecule has 1 aliphatic carbocycles. The first-order chi connectivity index (χ1) is 11.5. The molecule has 0 spiro atoms. The van der Waals surface area contributed by atoms with Crippen molar-refractivity contribution in [2.45, 2.75) is 49.6 Å². The minimum Gasteiger partial charge on any atom is -0.474 e. The van der Waals surface area contributed by atoms with Crippen molar-refractivity contribution in [2.24, 2.45) is 0 Å². The van der Waals surface area contributed by atoms with Crippen LogP contribution in [0.25, 0.3) is 0 Å². The van der Waals surface area contributed by atoms with Gasteiger partial charge >= 0.3 is 0 Å². The van der Waals surface area contributed by atoms with Gasteiger partial charge in [-0.3, -0.25) is 0 Å². The van der Waals surface area contributed by atoms with Gasteiger partial charge < -0.3 is 4.74 Å². The Morgan fingerprint density at radius 2 is 1.75 bits per heavy atom. The third-order valence-corrected chi connectivity index (χ3v) is 5.76. The van der Waals surface area contributed by atoms with Gasteiger partial charge in [-0.2, -0.15) is 0 Å². The topological polar surface area (TPSA) is 68.3 Å². The first kappa shape index (κ1) is 16.9. The summed E-state index contributed by atoms with van der Waals surface area (Å²) in [5.74, 6) is 0.633. The zero-order valence-corrected chi connectivity index (χ0v) is 14.5. The summed E-state index contributed by atoms with van der Waals surface area (Å²) in [6.45, 7) is 1.99. The predicted octanol–water partition coefficient (Wildman–Crippen LogP) is 3.06. The third kappa shape index (κ3) is 4.33. The highest BCUT2D eigenvalue weighted by Crippen LogP contribution is 2.24. The molecule has 2 aromatic rings. The molecule has 0 amide bonds. The van der Waals surface area contributed by atoms with E-state index >= 15 is 0 Å². The standard InChI is InChI=1S/C18H22N2O3S/c1-14-7-12-18(19-13-14)23-16-10-8-15(9-11-16)20-24(21,22)17-5-3-2-4-6-17/h2-7,12-13,15-16,20H,8-11H2,1H3. The minimum absolute atomic E-state index is 0.0407. The van der Waals surface area contributed by atoms with E-state index in [9.17, 15) is 8.42 Å². The second-order valence-electron chi connectivity index (χ2n) is 6.20. The molecule has 6 heteroatoms. The van der Waals surface area contributed by atoms with Crippen molar-refractivity contribution < 1.29 is 13.2 Å². The quantitative estimate of drug-likeness (QED) is 0.903. The van der Waals surface area contributed by atoms with E-state index < -0.39 is 10.0 Å². The fraction of sp³-hybridized carbons (Fsp3) is 0.389. The largest absolute Gasteiger partial charge is 0.474 e. The van der Waals surface area contributed by atoms with E-state index in [0.717, 1.165) is 31.2 Å². The molecule has 0 aliphatic heterocycles. The van der Waals surface area contributed by atoms with Crippen molar-refractivity contribution in [1.29, 1.82) is 0 Å². The second-order valence-corrected chi connectivity index (χ2v) is 7.91. The average molecular weight is 346 g/mol. The first-order valence-corrected chi connectivity index (χ1v) is 9.68. The van der Waals surface area contributed by atoms with Gasteiger partial charge in [0.2, 0.25) is 15.9 Å². The summed E-state index contributed by atoms with van der Waals surface area (Å²) in [7, 11) is -3.44. The smallest absolute Gasteiger partial charge is 0.240 e. The van der Waals surface area contributed by atoms with Crippen LogP contribution in [0, 0.1) is 6.92 Å². The number of ether oxygens (including phenoxy) is 1. The molecule has 128 valence electrons. The summed E-state index contributed by atoms with van der Waals surface area (Å²) in [5, 5.41) is 0. The Morgan fingerprint density at radius 1 is 1.04 bits per heavy atom. The lowest BCUT2D eigenvalue weighted by molar-refractivity contribution is 0.138. The number of rotatable bonds is 5. The summed E-state index contributed by atoms with van der Waals surface area (Å²) in [5.41, 5.74) is 1.10. The van der Waals surface area contributed by atoms with E-state index in [2.05, 4.69) is 9.71 Å². The van der Waals surface area contributed by atoms with E-state index in [1.54, 1.807) is 36.5 Å². The first-order valence-electron chi connectivity index (χ1n) is 8.19. The monoisotopic (exact) mass is 346 g/mol. The van der Waals surface area contributed by atoms with E-state index in [0.29, 0.717) is 10.8 Å². The van der Waals surface area contributed by atoms with E-state index in [-0.39, 0.29) is 12.1 Å². The van der Waals surface area contributed by atoms with Gasteiger partial charge in [-0.1, -0.05) is 24.3 Å². The molecule has 0 unspecified atom stereocenters. The molecule has 3 rings (SSSR count). The molecule has 1 aromatic heterocycles. The van der Waals surface area contributed by atoms with Crippen molar-refractivity contribution >= 4 is 10.0 Å². The number of aryl methyl sites for hydroxylation is 1. The Hall–Kier alpha value is -1.92. The van der Waals surface area contributed by atoms with Gasteiger partial charge in [0, 0.05) is 18.3 Å². The van der Waals surface area contributed by atoms with Gasteiger partial charge in [0.05, 0.1) is 4.90 Å². The van der Waals surface area contributed by atoms with E-state index in [1.807, 2.05) is 19.1 Å². The van der Waals surface area contributed by atoms with Crippen LogP contribution in [0.15, 0.2) is 53.6 Å². The molecule has 1 heterocycles. The molecule has 1 N–H and O–H groups in total. The highest BCUT2D eigenvalue weighted by atomic mass is 32.2. The molecular weight excluding hydrogens is 324 g/mol. The number of nitrogens with one attached hydrogen (secondary N) is 1. The Bertz CT molecular complexity index is 753. The van der Waals surface area contributed by atoms with Gasteiger partial charge in [-0.25, -0.2) is 18.1 Å². The number of aromatic nitrogens is 1. The molecule has 5 nitrogen and oxygen atoms in total. The third-order valence-electron chi connectivity index (χ3n) is 4.22. The van der Waals surface area contributed by atoms with Crippen molar-refractivity contribution in [2.75, 3.05) is 0 Å². The summed E-state index contributed by atoms with van der Waals surface area (Å²) in [6, 6.07) is 12.3. The van der Waals surface area contributed by atoms with Crippen LogP contribution < -0.4 is 9.46 Å². The van der Waals surface area contributed by atoms with Crippen LogP contribution in [-0.4, -0.2) is 25.5 Å². The Kier molecular flexibility index (Phi) is 5.16. The zero-order valence-electron chi connectivity index (χ0n) is 13.7. The molecule has 24 heavy (non-hydrogen) atoms. The van der Waals surface area contributed by atoms with Crippen LogP contribution in [0.4, 0.5) is 0 Å². The normalized spacial score (nSPS) is 21.4. The molecule has 0 radical (unpaired) electrons. The van der Waals surface area contributed by atoms with Gasteiger partial charge in [-0.15, -0.1) is 0 Å². The van der Waals surface area contributed by atoms with Gasteiger partial charge in [0.1, 0.15) is 6.10 Å². The fourth-order valence-corrected chi connectivity index (χ4v) is 4.21. The lowest BCUT2D eigenvalue weighted by Crippen LogP contribution is -2.39. The molecule has 1 saturated carbocycles. The number of benzene rings is 1. The van der Waals surface area contributed by atoms with Crippen molar-refractivity contribution in [1.82, 2.24) is 9.71 Å². The van der Waals surface area contributed by atoms with Crippen LogP contribution in [-0.2, 0) is 10.0 Å². The van der Waals surface area contributed by atoms with Crippen molar-refractivity contribution in [3.8, 4) is 5.88 Å². The number of pyridine rings is 1. The maximum atomic E-state index is 12.4. The van der Waals surface area contributed by atoms with Crippen LogP contribution in [0.5, 0.6) is 5.88 Å². The Balaban J connectivity index is 1.53. The maximum absolute atomic E-state index is 12.4. The Morgan fingerprint density at radius 3 is 2.38 bits per heavy atom. The fourth-order valence-electron chi connectivity index (χ4n) is 2.88. The van der Waals surface area contributed by atoms with E-state index in [1.165, 1.54) is 0 Å². The predicted molar refractivity (Wildman–Crippen MR) is 92.4 cm³/mol. The summed E-state index contributed by atoms with van der Waals surface area (Å²) >= 11 is 0. The lowest BCUT2D eigenvalue weighted by atomic mass is 9.94. The lowest BCUT2D eigenvalue weighted by Gasteiger charge is -2.29. The average Bonchev–Trinajstić information content (AvgIpc) is 2.59. The van der Waals surface area contributed by atoms with Crippen LogP contribution >= 0.6 is 0 Å². The molecule has 0 bridgehead atoms. The van der Waals surface area contributed by atoms with Crippen molar-refractivity contribution in [3.05, 3.63) is 54.2 Å². The Labute approximate surface area is 143 Å². The molecule has 1 fully saturated rings. The van der Waals surface area contributed by atoms with Crippen LogP contribution in [0.2, 0.25) is 0 Å². The van der Waals surface area contributed by atoms with Crippen LogP contribution in [0.3, 0.4) is 0 Å². The number of sulfonamides is 1. The highest BCUT2D eigenvalue weighted by Gasteiger charge is 2.26. The van der Waals surface area contributed by atoms with Gasteiger partial charge in [0.25, 0.3) is 0 Å². The number of hydrogen-bond acceptors (Lipinski definition) is 4. The van der Waals surface area contributed by atoms with Crippen LogP contribution in [0.1, 0.15) is 31.2 Å². The molecule has 0 saturated heterocycles. The maximum Gasteiger partial charge on any atom is 0.240 e. The summed E-state index contributed by atoms with van der Waals surface area (Å²) in [6.07, 6.45) is 5.05. The molecule has 1 aliphatic rings. The highest BCUT2D eigenvalue weighted by molar-refractivity contribution is 7.89. The zero-order chi connectivity index (χ0) is 17.0. The molecule has 1 aromatic carbocycles. The van der Waals surface area contributed by atoms with E-state index in [4.69, 9.17) is 4.74 Å². The SMILES string of the molecule is Cc1ccc(OC2CCC(NS(=O)(=O)c3ccccc3)CC2)nc1. The second kappa shape index (κ2) is 7.32. The molecule has 0 atom stereocenters. The van der Waals surface area contributed by atoms with Gasteiger partial charge in [0.15, 0.2) is 0 Å². The molecular formula is C18H22N2O3S. The number of hydrogen-bond donors (Lipinski definition) is 1. The minimum atomic E-state index is -3.44. The summed E-state index contributed by atoms with van der Waals surface area (Å²) < 4.78 is 33.4.